The minimum absolute atomic E-state index is 0. The van der Waals surface area contributed by atoms with Gasteiger partial charge < -0.3 is 21.1 Å². The van der Waals surface area contributed by atoms with Crippen molar-refractivity contribution in [2.24, 2.45) is 11.7 Å². The Morgan fingerprint density at radius 3 is 2.19 bits per heavy atom. The zero-order valence-electron chi connectivity index (χ0n) is 17.1. The van der Waals surface area contributed by atoms with Crippen molar-refractivity contribution < 1.29 is 28.5 Å². The van der Waals surface area contributed by atoms with E-state index in [4.69, 9.17) is 21.0 Å². The van der Waals surface area contributed by atoms with Crippen LogP contribution in [-0.2, 0) is 14.8 Å². The first-order valence-electron chi connectivity index (χ1n) is 9.50. The van der Waals surface area contributed by atoms with Gasteiger partial charge in [-0.2, -0.15) is 4.31 Å². The molecule has 1 heterocycles. The van der Waals surface area contributed by atoms with Gasteiger partial charge in [0.25, 0.3) is 0 Å². The first-order chi connectivity index (χ1) is 14.1. The third kappa shape index (κ3) is 6.27. The molecule has 2 aromatic carbocycles. The molecule has 2 aromatic rings. The number of sulfonamides is 1. The molecule has 6 N–H and O–H groups in total. The zero-order chi connectivity index (χ0) is 21.9. The van der Waals surface area contributed by atoms with Gasteiger partial charge in [-0.1, -0.05) is 36.4 Å². The summed E-state index contributed by atoms with van der Waals surface area (Å²) in [5.74, 6) is -0.520. The van der Waals surface area contributed by atoms with Gasteiger partial charge in [0.05, 0.1) is 12.3 Å². The molecule has 168 valence electrons. The van der Waals surface area contributed by atoms with Crippen molar-refractivity contribution >= 4 is 21.8 Å². The molecule has 10 heteroatoms. The van der Waals surface area contributed by atoms with Gasteiger partial charge in [0, 0.05) is 18.5 Å². The maximum absolute atomic E-state index is 12.1. The maximum Gasteiger partial charge on any atom is 0.303 e. The van der Waals surface area contributed by atoms with E-state index in [1.807, 2.05) is 36.4 Å². The van der Waals surface area contributed by atoms with E-state index in [1.165, 1.54) is 4.31 Å². The van der Waals surface area contributed by atoms with E-state index >= 15 is 0 Å². The number of nitrogens with zero attached hydrogens (tertiary/aromatic N) is 1. The quantitative estimate of drug-likeness (QED) is 0.406. The molecule has 1 fully saturated rings. The summed E-state index contributed by atoms with van der Waals surface area (Å²) >= 11 is 0. The smallest absolute Gasteiger partial charge is 0.303 e. The fourth-order valence-corrected chi connectivity index (χ4v) is 4.88. The molecule has 0 unspecified atom stereocenters. The van der Waals surface area contributed by atoms with Crippen LogP contribution >= 0.6 is 0 Å². The number of nitrogens with one attached hydrogen (secondary N) is 1. The topological polar surface area (TPSA) is 165 Å². The molecule has 0 radical (unpaired) electrons. The van der Waals surface area contributed by atoms with Crippen LogP contribution in [0.1, 0.15) is 18.4 Å². The van der Waals surface area contributed by atoms with Crippen molar-refractivity contribution in [3.8, 4) is 16.9 Å². The number of carboxylic acids is 1. The van der Waals surface area contributed by atoms with E-state index in [-0.39, 0.29) is 42.8 Å². The fraction of sp³-hybridized carbons (Fsp3) is 0.333. The molecule has 1 aliphatic heterocycles. The molecule has 3 rings (SSSR count). The summed E-state index contributed by atoms with van der Waals surface area (Å²) in [7, 11) is -3.44. The predicted molar refractivity (Wildman–Crippen MR) is 118 cm³/mol. The van der Waals surface area contributed by atoms with Crippen LogP contribution in [0.5, 0.6) is 5.75 Å². The van der Waals surface area contributed by atoms with E-state index in [1.54, 1.807) is 12.1 Å². The van der Waals surface area contributed by atoms with Gasteiger partial charge in [-0.3, -0.25) is 10.2 Å². The Kier molecular flexibility index (Phi) is 7.77. The van der Waals surface area contributed by atoms with E-state index in [9.17, 15) is 13.2 Å². The number of amidine groups is 1. The summed E-state index contributed by atoms with van der Waals surface area (Å²) in [6, 6.07) is 14.4. The number of nitrogens with two attached hydrogens (primary N) is 1. The third-order valence-electron chi connectivity index (χ3n) is 5.17. The van der Waals surface area contributed by atoms with Gasteiger partial charge in [-0.25, -0.2) is 8.42 Å². The predicted octanol–water partition coefficient (Wildman–Crippen LogP) is 1.32. The number of aliphatic carboxylic acids is 1. The Balaban J connectivity index is 0.00000341. The van der Waals surface area contributed by atoms with Gasteiger partial charge in [-0.15, -0.1) is 0 Å². The molecule has 0 aromatic heterocycles. The number of nitrogen functional groups attached to an aromatic ring is 1. The lowest BCUT2D eigenvalue weighted by atomic mass is 10.0. The lowest BCUT2D eigenvalue weighted by molar-refractivity contribution is -0.138. The van der Waals surface area contributed by atoms with Crippen LogP contribution in [0.4, 0.5) is 0 Å². The molecule has 0 aliphatic carbocycles. The number of rotatable bonds is 8. The second-order valence-corrected chi connectivity index (χ2v) is 9.45. The highest BCUT2D eigenvalue weighted by atomic mass is 32.2. The fourth-order valence-electron chi connectivity index (χ4n) is 3.71. The Morgan fingerprint density at radius 1 is 1.16 bits per heavy atom. The first kappa shape index (κ1) is 24.3. The normalized spacial score (nSPS) is 18.9. The van der Waals surface area contributed by atoms with Crippen molar-refractivity contribution in [1.82, 2.24) is 4.31 Å². The van der Waals surface area contributed by atoms with Gasteiger partial charge >= 0.3 is 5.97 Å². The van der Waals surface area contributed by atoms with Gasteiger partial charge in [0.15, 0.2) is 0 Å². The summed E-state index contributed by atoms with van der Waals surface area (Å²) < 4.78 is 31.3. The maximum atomic E-state index is 12.1. The van der Waals surface area contributed by atoms with Crippen LogP contribution in [0.25, 0.3) is 11.1 Å². The highest BCUT2D eigenvalue weighted by Gasteiger charge is 2.38. The molecule has 1 aliphatic rings. The minimum atomic E-state index is -3.44. The lowest BCUT2D eigenvalue weighted by Gasteiger charge is -2.22. The standard InChI is InChI=1S/C21H25N3O5S.H2O/c1-30(27,28)24-12-14(11-20(25)26)10-18(24)13-29-19-8-6-16(7-9-19)15-2-4-17(5-3-15)21(22)23;/h2-9,14,18H,10-13H2,1H3,(H3,22,23)(H,25,26);1H2/t14-,18-;/m0./s1. The number of ether oxygens (including phenoxy) is 1. The monoisotopic (exact) mass is 449 g/mol. The second-order valence-electron chi connectivity index (χ2n) is 7.51. The first-order valence-corrected chi connectivity index (χ1v) is 11.3. The van der Waals surface area contributed by atoms with Crippen LogP contribution in [0.3, 0.4) is 0 Å². The largest absolute Gasteiger partial charge is 0.492 e. The summed E-state index contributed by atoms with van der Waals surface area (Å²) in [5, 5.41) is 16.4. The summed E-state index contributed by atoms with van der Waals surface area (Å²) in [4.78, 5) is 11.0. The second kappa shape index (κ2) is 9.90. The molecule has 0 amide bonds. The van der Waals surface area contributed by atoms with E-state index in [0.29, 0.717) is 17.7 Å². The van der Waals surface area contributed by atoms with Crippen molar-refractivity contribution in [2.75, 3.05) is 19.4 Å². The molecular formula is C21H27N3O6S. The molecule has 9 nitrogen and oxygen atoms in total. The highest BCUT2D eigenvalue weighted by Crippen LogP contribution is 2.29. The summed E-state index contributed by atoms with van der Waals surface area (Å²) in [6.45, 7) is 0.365. The number of carbonyl (C=O) groups is 1. The van der Waals surface area contributed by atoms with Crippen LogP contribution in [0.15, 0.2) is 48.5 Å². The number of hydrogen-bond donors (Lipinski definition) is 3. The van der Waals surface area contributed by atoms with Gasteiger partial charge in [0.1, 0.15) is 18.2 Å². The van der Waals surface area contributed by atoms with Gasteiger partial charge in [-0.05, 0) is 35.6 Å². The Hall–Kier alpha value is -2.95. The molecule has 1 saturated heterocycles. The molecule has 0 bridgehead atoms. The minimum Gasteiger partial charge on any atom is -0.492 e. The number of benzene rings is 2. The van der Waals surface area contributed by atoms with Crippen LogP contribution in [0, 0.1) is 11.3 Å². The lowest BCUT2D eigenvalue weighted by Crippen LogP contribution is -2.38. The average Bonchev–Trinajstić information content (AvgIpc) is 3.09. The molecule has 0 spiro atoms. The van der Waals surface area contributed by atoms with E-state index < -0.39 is 16.0 Å². The van der Waals surface area contributed by atoms with Crippen LogP contribution in [0.2, 0.25) is 0 Å². The van der Waals surface area contributed by atoms with Crippen molar-refractivity contribution in [2.45, 2.75) is 18.9 Å². The molecule has 31 heavy (non-hydrogen) atoms. The SMILES string of the molecule is CS(=O)(=O)N1C[C@H](CC(=O)O)C[C@H]1COc1ccc(-c2ccc(C(=N)N)cc2)cc1.O. The van der Waals surface area contributed by atoms with Crippen molar-refractivity contribution in [3.05, 3.63) is 54.1 Å². The Labute approximate surface area is 181 Å². The molecule has 0 saturated carbocycles. The van der Waals surface area contributed by atoms with Crippen LogP contribution in [-0.4, -0.2) is 60.6 Å². The third-order valence-corrected chi connectivity index (χ3v) is 6.47. The number of hydrogen-bond acceptors (Lipinski definition) is 5. The van der Waals surface area contributed by atoms with E-state index in [0.717, 1.165) is 17.4 Å². The molecular weight excluding hydrogens is 422 g/mol. The zero-order valence-corrected chi connectivity index (χ0v) is 17.9. The summed E-state index contributed by atoms with van der Waals surface area (Å²) in [5.41, 5.74) is 8.08. The summed E-state index contributed by atoms with van der Waals surface area (Å²) in [6.07, 6.45) is 1.54. The van der Waals surface area contributed by atoms with Crippen LogP contribution < -0.4 is 10.5 Å². The van der Waals surface area contributed by atoms with Crippen molar-refractivity contribution in [3.63, 3.8) is 0 Å². The average molecular weight is 450 g/mol. The van der Waals surface area contributed by atoms with Gasteiger partial charge in [0.2, 0.25) is 10.0 Å². The van der Waals surface area contributed by atoms with E-state index in [2.05, 4.69) is 0 Å². The Morgan fingerprint density at radius 2 is 1.71 bits per heavy atom. The van der Waals surface area contributed by atoms with Crippen molar-refractivity contribution in [1.29, 1.82) is 5.41 Å². The molecule has 2 atom stereocenters. The Bertz CT molecular complexity index is 1020. The highest BCUT2D eigenvalue weighted by molar-refractivity contribution is 7.88. The number of carboxylic acid groups (broad SMARTS) is 1.